The largest absolute Gasteiger partial charge is 0.322 e. The van der Waals surface area contributed by atoms with Crippen molar-refractivity contribution in [1.82, 2.24) is 25.3 Å². The molecule has 8 heteroatoms. The molecular formula is C31H34F2N6. The van der Waals surface area contributed by atoms with E-state index in [9.17, 15) is 8.78 Å². The maximum Gasteiger partial charge on any atom is 0.214 e. The Hall–Kier alpha value is -3.52. The zero-order valence-electron chi connectivity index (χ0n) is 22.3. The van der Waals surface area contributed by atoms with Gasteiger partial charge in [0.1, 0.15) is 5.82 Å². The van der Waals surface area contributed by atoms with E-state index in [4.69, 9.17) is 9.97 Å². The van der Waals surface area contributed by atoms with Gasteiger partial charge in [-0.25, -0.2) is 19.3 Å². The Morgan fingerprint density at radius 2 is 1.97 bits per heavy atom. The Labute approximate surface area is 228 Å². The van der Waals surface area contributed by atoms with Gasteiger partial charge in [0.15, 0.2) is 17.5 Å². The van der Waals surface area contributed by atoms with Crippen LogP contribution in [0.1, 0.15) is 56.0 Å². The molecule has 2 aliphatic carbocycles. The molecule has 6 nitrogen and oxygen atoms in total. The summed E-state index contributed by atoms with van der Waals surface area (Å²) in [4.78, 5) is 18.1. The van der Waals surface area contributed by atoms with E-state index in [-0.39, 0.29) is 5.82 Å². The predicted octanol–water partition coefficient (Wildman–Crippen LogP) is 6.43. The lowest BCUT2D eigenvalue weighted by Crippen LogP contribution is -2.35. The topological polar surface area (TPSA) is 75.6 Å². The number of hydrogen-bond acceptors (Lipinski definition) is 6. The van der Waals surface area contributed by atoms with Crippen molar-refractivity contribution in [2.24, 2.45) is 17.8 Å². The van der Waals surface area contributed by atoms with Gasteiger partial charge >= 0.3 is 0 Å². The molecular weight excluding hydrogens is 494 g/mol. The van der Waals surface area contributed by atoms with Gasteiger partial charge in [-0.2, -0.15) is 9.37 Å². The van der Waals surface area contributed by atoms with Crippen LogP contribution in [0.5, 0.6) is 0 Å². The van der Waals surface area contributed by atoms with Gasteiger partial charge in [0.05, 0.1) is 11.4 Å². The number of halogens is 2. The molecule has 3 aliphatic rings. The molecule has 0 spiro atoms. The summed E-state index contributed by atoms with van der Waals surface area (Å²) in [6.07, 6.45) is 11.5. The van der Waals surface area contributed by atoms with Gasteiger partial charge in [0.2, 0.25) is 5.95 Å². The lowest BCUT2D eigenvalue weighted by Gasteiger charge is -2.33. The second-order valence-electron chi connectivity index (χ2n) is 11.2. The van der Waals surface area contributed by atoms with Crippen LogP contribution in [0.25, 0.3) is 17.0 Å². The van der Waals surface area contributed by atoms with Crippen LogP contribution in [0.15, 0.2) is 48.7 Å². The molecule has 39 heavy (non-hydrogen) atoms. The second-order valence-corrected chi connectivity index (χ2v) is 11.2. The van der Waals surface area contributed by atoms with Crippen molar-refractivity contribution >= 4 is 17.2 Å². The SMILES string of the molecule is C=C1C=C(C2CCC2)c2c(CCC3CCNCC3C)nc(-c3ccnc(Nc4nc(F)ccc4F)c3)nc2C1. The molecule has 2 fully saturated rings. The van der Waals surface area contributed by atoms with Gasteiger partial charge in [-0.3, -0.25) is 0 Å². The molecule has 1 saturated heterocycles. The third-order valence-corrected chi connectivity index (χ3v) is 8.44. The third kappa shape index (κ3) is 5.48. The Kier molecular flexibility index (Phi) is 7.21. The smallest absolute Gasteiger partial charge is 0.214 e. The maximum atomic E-state index is 14.2. The van der Waals surface area contributed by atoms with Gasteiger partial charge in [0, 0.05) is 23.7 Å². The molecule has 202 valence electrons. The first kappa shape index (κ1) is 25.7. The van der Waals surface area contributed by atoms with Crippen LogP contribution in [-0.2, 0) is 12.8 Å². The number of aryl methyl sites for hydroxylation is 1. The van der Waals surface area contributed by atoms with Crippen molar-refractivity contribution in [2.75, 3.05) is 18.4 Å². The summed E-state index contributed by atoms with van der Waals surface area (Å²) in [6, 6.07) is 5.63. The number of anilines is 2. The first-order valence-corrected chi connectivity index (χ1v) is 14.0. The number of rotatable bonds is 7. The van der Waals surface area contributed by atoms with E-state index in [1.807, 2.05) is 6.07 Å². The van der Waals surface area contributed by atoms with E-state index in [0.29, 0.717) is 35.8 Å². The Morgan fingerprint density at radius 3 is 2.77 bits per heavy atom. The average Bonchev–Trinajstić information content (AvgIpc) is 2.89. The first-order chi connectivity index (χ1) is 18.9. The summed E-state index contributed by atoms with van der Waals surface area (Å²) in [5, 5.41) is 6.30. The fourth-order valence-electron chi connectivity index (χ4n) is 6.01. The van der Waals surface area contributed by atoms with Crippen molar-refractivity contribution in [2.45, 2.75) is 51.9 Å². The lowest BCUT2D eigenvalue weighted by molar-refractivity contribution is 0.258. The van der Waals surface area contributed by atoms with Gasteiger partial charge < -0.3 is 10.6 Å². The molecule has 1 saturated carbocycles. The summed E-state index contributed by atoms with van der Waals surface area (Å²) in [6.45, 7) is 8.78. The van der Waals surface area contributed by atoms with Crippen LogP contribution in [-0.4, -0.2) is 33.0 Å². The average molecular weight is 529 g/mol. The number of allylic oxidation sites excluding steroid dienone is 3. The molecule has 0 radical (unpaired) electrons. The van der Waals surface area contributed by atoms with Gasteiger partial charge in [0.25, 0.3) is 0 Å². The highest BCUT2D eigenvalue weighted by Gasteiger charge is 2.31. The van der Waals surface area contributed by atoms with E-state index < -0.39 is 11.8 Å². The highest BCUT2D eigenvalue weighted by Crippen LogP contribution is 2.44. The van der Waals surface area contributed by atoms with Gasteiger partial charge in [-0.05, 0) is 98.4 Å². The second kappa shape index (κ2) is 10.9. The standard InChI is InChI=1S/C31H34F2N6/c1-18-14-23(21-4-3-5-21)29-25(8-6-20-10-12-34-17-19(20)2)36-30(37-26(29)15-18)22-11-13-35-28(16-22)39-31-24(32)7-9-27(33)38-31/h7,9,11,13-14,16,19-21,34H,1,3-6,8,10,12,15,17H2,2H3,(H,35,38,39). The van der Waals surface area contributed by atoms with Crippen molar-refractivity contribution in [3.8, 4) is 11.4 Å². The lowest BCUT2D eigenvalue weighted by atomic mass is 9.73. The quantitative estimate of drug-likeness (QED) is 0.344. The molecule has 6 rings (SSSR count). The Bertz CT molecular complexity index is 1430. The fraction of sp³-hybridized carbons (Fsp3) is 0.419. The molecule has 1 aliphatic heterocycles. The summed E-state index contributed by atoms with van der Waals surface area (Å²) >= 11 is 0. The zero-order chi connectivity index (χ0) is 26.9. The van der Waals surface area contributed by atoms with Crippen LogP contribution in [0, 0.1) is 29.5 Å². The van der Waals surface area contributed by atoms with E-state index in [1.165, 1.54) is 36.8 Å². The van der Waals surface area contributed by atoms with E-state index in [2.05, 4.69) is 40.2 Å². The number of piperidine rings is 1. The van der Waals surface area contributed by atoms with E-state index >= 15 is 0 Å². The molecule has 3 aromatic rings. The van der Waals surface area contributed by atoms with Crippen molar-refractivity contribution in [3.63, 3.8) is 0 Å². The summed E-state index contributed by atoms with van der Waals surface area (Å²) in [5.74, 6) is 1.18. The zero-order valence-corrected chi connectivity index (χ0v) is 22.3. The van der Waals surface area contributed by atoms with Gasteiger partial charge in [-0.15, -0.1) is 0 Å². The predicted molar refractivity (Wildman–Crippen MR) is 149 cm³/mol. The number of aromatic nitrogens is 4. The molecule has 3 aromatic heterocycles. The molecule has 2 atom stereocenters. The normalized spacial score (nSPS) is 21.2. The number of pyridine rings is 2. The number of fused-ring (bicyclic) bond motifs is 1. The van der Waals surface area contributed by atoms with E-state index in [0.717, 1.165) is 60.6 Å². The van der Waals surface area contributed by atoms with Crippen molar-refractivity contribution < 1.29 is 8.78 Å². The molecule has 4 heterocycles. The van der Waals surface area contributed by atoms with Gasteiger partial charge in [-0.1, -0.05) is 26.0 Å². The van der Waals surface area contributed by atoms with Crippen LogP contribution in [0.4, 0.5) is 20.4 Å². The van der Waals surface area contributed by atoms with Crippen LogP contribution >= 0.6 is 0 Å². The fourth-order valence-corrected chi connectivity index (χ4v) is 6.01. The van der Waals surface area contributed by atoms with E-state index in [1.54, 1.807) is 12.3 Å². The molecule has 2 N–H and O–H groups in total. The number of nitrogens with zero attached hydrogens (tertiary/aromatic N) is 4. The Balaban J connectivity index is 1.36. The van der Waals surface area contributed by atoms with Crippen molar-refractivity contribution in [1.29, 1.82) is 0 Å². The summed E-state index contributed by atoms with van der Waals surface area (Å²) in [5.41, 5.74) is 6.57. The minimum atomic E-state index is -0.767. The molecule has 0 aromatic carbocycles. The van der Waals surface area contributed by atoms with Crippen molar-refractivity contribution in [3.05, 3.63) is 77.4 Å². The minimum absolute atomic E-state index is 0.214. The van der Waals surface area contributed by atoms with Crippen LogP contribution < -0.4 is 10.6 Å². The summed E-state index contributed by atoms with van der Waals surface area (Å²) < 4.78 is 27.8. The number of hydrogen-bond donors (Lipinski definition) is 2. The maximum absolute atomic E-state index is 14.2. The van der Waals surface area contributed by atoms with Crippen LogP contribution in [0.2, 0.25) is 0 Å². The number of nitrogens with one attached hydrogen (secondary N) is 2. The first-order valence-electron chi connectivity index (χ1n) is 14.0. The highest BCUT2D eigenvalue weighted by molar-refractivity contribution is 5.77. The monoisotopic (exact) mass is 528 g/mol. The minimum Gasteiger partial charge on any atom is -0.322 e. The Morgan fingerprint density at radius 1 is 1.10 bits per heavy atom. The molecule has 2 unspecified atom stereocenters. The summed E-state index contributed by atoms with van der Waals surface area (Å²) in [7, 11) is 0. The molecule has 0 amide bonds. The van der Waals surface area contributed by atoms with Crippen LogP contribution in [0.3, 0.4) is 0 Å². The highest BCUT2D eigenvalue weighted by atomic mass is 19.1. The third-order valence-electron chi connectivity index (χ3n) is 8.44. The molecule has 0 bridgehead atoms.